The van der Waals surface area contributed by atoms with E-state index >= 15 is 0 Å². The summed E-state index contributed by atoms with van der Waals surface area (Å²) in [6, 6.07) is 10.9. The number of nitrogens with zero attached hydrogens (tertiary/aromatic N) is 3. The summed E-state index contributed by atoms with van der Waals surface area (Å²) in [6.45, 7) is 4.19. The third-order valence-electron chi connectivity index (χ3n) is 5.06. The molecule has 7 nitrogen and oxygen atoms in total. The summed E-state index contributed by atoms with van der Waals surface area (Å²) in [5.41, 5.74) is 0.0293. The first-order chi connectivity index (χ1) is 14.0. The van der Waals surface area contributed by atoms with Gasteiger partial charge in [-0.25, -0.2) is 13.6 Å². The molecule has 0 aliphatic heterocycles. The number of alkyl halides is 3. The Hall–Kier alpha value is -2.79. The van der Waals surface area contributed by atoms with Crippen LogP contribution in [0.5, 0.6) is 0 Å². The van der Waals surface area contributed by atoms with E-state index in [0.29, 0.717) is 5.82 Å². The molecule has 0 amide bonds. The van der Waals surface area contributed by atoms with Gasteiger partial charge >= 0.3 is 6.18 Å². The Morgan fingerprint density at radius 1 is 1.10 bits per heavy atom. The van der Waals surface area contributed by atoms with Crippen LogP contribution in [0, 0.1) is 5.41 Å². The molecule has 0 spiro atoms. The highest BCUT2D eigenvalue weighted by Crippen LogP contribution is 2.69. The zero-order valence-electron chi connectivity index (χ0n) is 16.0. The van der Waals surface area contributed by atoms with Crippen molar-refractivity contribution in [3.63, 3.8) is 0 Å². The van der Waals surface area contributed by atoms with E-state index in [-0.39, 0.29) is 28.7 Å². The van der Waals surface area contributed by atoms with Crippen molar-refractivity contribution in [1.82, 2.24) is 15.1 Å². The van der Waals surface area contributed by atoms with Gasteiger partial charge in [-0.2, -0.15) is 18.2 Å². The van der Waals surface area contributed by atoms with E-state index in [1.54, 1.807) is 0 Å². The number of hydrogen-bond donors (Lipinski definition) is 2. The fraction of sp³-hybridized carbons (Fsp3) is 0.316. The third kappa shape index (κ3) is 4.51. The van der Waals surface area contributed by atoms with E-state index in [1.165, 1.54) is 0 Å². The summed E-state index contributed by atoms with van der Waals surface area (Å²) in [5, 5.41) is 8.03. The number of pyridine rings is 1. The quantitative estimate of drug-likeness (QED) is 0.603. The molecule has 1 aliphatic rings. The van der Waals surface area contributed by atoms with E-state index in [1.807, 2.05) is 30.3 Å². The zero-order chi connectivity index (χ0) is 22.1. The van der Waals surface area contributed by atoms with Crippen LogP contribution in [0.2, 0.25) is 0 Å². The lowest BCUT2D eigenvalue weighted by Gasteiger charge is -2.08. The maximum atomic E-state index is 13.2. The average molecular weight is 440 g/mol. The predicted octanol–water partition coefficient (Wildman–Crippen LogP) is 3.53. The van der Waals surface area contributed by atoms with Crippen molar-refractivity contribution in [2.75, 3.05) is 0 Å². The second kappa shape index (κ2) is 8.15. The second-order valence-corrected chi connectivity index (χ2v) is 7.92. The average Bonchev–Trinajstić information content (AvgIpc) is 3.01. The fourth-order valence-corrected chi connectivity index (χ4v) is 3.68. The third-order valence-corrected chi connectivity index (χ3v) is 5.06. The number of benzene rings is 1. The molecule has 4 rings (SSSR count). The van der Waals surface area contributed by atoms with Gasteiger partial charge in [0, 0.05) is 24.2 Å². The number of thiol groups is 1. The minimum Gasteiger partial charge on any atom is -0.334 e. The molecule has 1 saturated carbocycles. The number of aromatic nitrogens is 3. The summed E-state index contributed by atoms with van der Waals surface area (Å²) in [4.78, 5) is 8.04. The molecule has 160 valence electrons. The van der Waals surface area contributed by atoms with E-state index in [4.69, 9.17) is 12.9 Å². The Kier molecular flexibility index (Phi) is 5.95. The number of halogens is 3. The van der Waals surface area contributed by atoms with Crippen LogP contribution in [0.1, 0.15) is 42.6 Å². The minimum atomic E-state index is -4.52. The first-order valence-electron chi connectivity index (χ1n) is 8.82. The highest BCUT2D eigenvalue weighted by Gasteiger charge is 2.61. The van der Waals surface area contributed by atoms with Gasteiger partial charge in [0.25, 0.3) is 5.89 Å². The molecule has 1 aliphatic carbocycles. The molecule has 0 saturated heterocycles. The molecule has 1 fully saturated rings. The van der Waals surface area contributed by atoms with Gasteiger partial charge in [0.15, 0.2) is 16.7 Å². The molecule has 1 aromatic carbocycles. The number of hydrogen-bond acceptors (Lipinski definition) is 6. The molecule has 30 heavy (non-hydrogen) atoms. The summed E-state index contributed by atoms with van der Waals surface area (Å²) in [5.74, 6) is 0.462. The summed E-state index contributed by atoms with van der Waals surface area (Å²) in [6.07, 6.45) is -2.32. The fourth-order valence-electron chi connectivity index (χ4n) is 3.68. The van der Waals surface area contributed by atoms with Crippen molar-refractivity contribution < 1.29 is 26.1 Å². The maximum Gasteiger partial charge on any atom is 0.417 e. The van der Waals surface area contributed by atoms with Crippen LogP contribution < -0.4 is 5.14 Å². The van der Waals surface area contributed by atoms with Gasteiger partial charge in [0.05, 0.1) is 11.1 Å². The predicted molar refractivity (Wildman–Crippen MR) is 103 cm³/mol. The van der Waals surface area contributed by atoms with Gasteiger partial charge in [-0.15, -0.1) is 0 Å². The van der Waals surface area contributed by atoms with Gasteiger partial charge in [-0.3, -0.25) is 4.98 Å². The number of rotatable bonds is 3. The molecule has 2 heterocycles. The van der Waals surface area contributed by atoms with Gasteiger partial charge in [-0.1, -0.05) is 49.3 Å². The number of nitrogens with two attached hydrogens (primary N) is 1. The Balaban J connectivity index is 0.000000589. The van der Waals surface area contributed by atoms with Crippen LogP contribution in [-0.4, -0.2) is 23.5 Å². The largest absolute Gasteiger partial charge is 0.417 e. The Morgan fingerprint density at radius 2 is 1.73 bits per heavy atom. The van der Waals surface area contributed by atoms with Crippen molar-refractivity contribution in [3.8, 4) is 11.5 Å². The monoisotopic (exact) mass is 440 g/mol. The lowest BCUT2D eigenvalue weighted by molar-refractivity contribution is -0.137. The molecule has 2 atom stereocenters. The van der Waals surface area contributed by atoms with Gasteiger partial charge in [-0.05, 0) is 17.0 Å². The van der Waals surface area contributed by atoms with Crippen molar-refractivity contribution >= 4 is 10.9 Å². The molecule has 11 heteroatoms. The van der Waals surface area contributed by atoms with Crippen LogP contribution >= 0.6 is 0 Å². The van der Waals surface area contributed by atoms with Crippen molar-refractivity contribution in [3.05, 3.63) is 65.7 Å². The van der Waals surface area contributed by atoms with Gasteiger partial charge < -0.3 is 4.52 Å². The lowest BCUT2D eigenvalue weighted by atomic mass is 10.0. The maximum absolute atomic E-state index is 13.2. The van der Waals surface area contributed by atoms with E-state index in [9.17, 15) is 13.2 Å². The SMILES string of the molecule is CC1(C)[C@@H](c2ccccc2)[C@@H]1c1noc(-c2cnccc2C(F)(F)F)n1.N[SH](=O)=O. The molecule has 2 aromatic heterocycles. The van der Waals surface area contributed by atoms with Crippen LogP contribution in [0.4, 0.5) is 13.2 Å². The van der Waals surface area contributed by atoms with Crippen LogP contribution in [0.15, 0.2) is 53.3 Å². The normalized spacial score (nSPS) is 19.8. The standard InChI is InChI=1S/C19H16F3N3O.H3NO2S/c1-18(2)14(11-6-4-3-5-7-11)15(18)16-24-17(26-25-16)12-10-23-9-8-13(12)19(20,21)22;1-4(2)3/h3-10,14-15H,1-2H3;4H,(H2,1,2,3)/t14-,15+;/m0./s1. The van der Waals surface area contributed by atoms with Crippen LogP contribution in [-0.2, 0) is 17.1 Å². The summed E-state index contributed by atoms with van der Waals surface area (Å²) >= 11 is 0. The zero-order valence-corrected chi connectivity index (χ0v) is 16.9. The highest BCUT2D eigenvalue weighted by atomic mass is 32.2. The second-order valence-electron chi connectivity index (χ2n) is 7.35. The van der Waals surface area contributed by atoms with Crippen LogP contribution in [0.25, 0.3) is 11.5 Å². The molecule has 3 aromatic rings. The minimum absolute atomic E-state index is 0.00610. The Morgan fingerprint density at radius 3 is 2.33 bits per heavy atom. The molecule has 0 radical (unpaired) electrons. The molecule has 0 bridgehead atoms. The van der Waals surface area contributed by atoms with Crippen molar-refractivity contribution in [1.29, 1.82) is 0 Å². The molecular weight excluding hydrogens is 421 g/mol. The summed E-state index contributed by atoms with van der Waals surface area (Å²) in [7, 11) is -2.62. The van der Waals surface area contributed by atoms with Crippen molar-refractivity contribution in [2.24, 2.45) is 10.6 Å². The molecule has 2 N–H and O–H groups in total. The van der Waals surface area contributed by atoms with Crippen molar-refractivity contribution in [2.45, 2.75) is 31.9 Å². The Labute approximate surface area is 172 Å². The molecular formula is C19H19F3N4O3S. The molecule has 0 unspecified atom stereocenters. The van der Waals surface area contributed by atoms with Crippen LogP contribution in [0.3, 0.4) is 0 Å². The van der Waals surface area contributed by atoms with Gasteiger partial charge in [0.2, 0.25) is 0 Å². The lowest BCUT2D eigenvalue weighted by Crippen LogP contribution is -2.07. The Bertz CT molecular complexity index is 1090. The van der Waals surface area contributed by atoms with E-state index in [2.05, 4.69) is 34.1 Å². The van der Waals surface area contributed by atoms with Gasteiger partial charge in [0.1, 0.15) is 0 Å². The summed E-state index contributed by atoms with van der Waals surface area (Å²) < 4.78 is 62.4. The first-order valence-corrected chi connectivity index (χ1v) is 10.1. The highest BCUT2D eigenvalue weighted by molar-refractivity contribution is 7.69. The van der Waals surface area contributed by atoms with E-state index < -0.39 is 22.6 Å². The smallest absolute Gasteiger partial charge is 0.334 e. The first kappa shape index (κ1) is 21.9. The van der Waals surface area contributed by atoms with E-state index in [0.717, 1.165) is 24.0 Å². The topological polar surface area (TPSA) is 112 Å².